The van der Waals surface area contributed by atoms with E-state index in [1.807, 2.05) is 0 Å². The minimum absolute atomic E-state index is 0.588. The van der Waals surface area contributed by atoms with Crippen molar-refractivity contribution in [3.63, 3.8) is 0 Å². The number of hydrogen-bond acceptors (Lipinski definition) is 3. The van der Waals surface area contributed by atoms with Crippen molar-refractivity contribution < 1.29 is 0 Å². The Kier molecular flexibility index (Phi) is 4.60. The van der Waals surface area contributed by atoms with Crippen LogP contribution in [0.1, 0.15) is 12.8 Å². The lowest BCUT2D eigenvalue weighted by Gasteiger charge is -2.30. The monoisotopic (exact) mass is 183 g/mol. The molecule has 13 heavy (non-hydrogen) atoms. The first-order valence-corrected chi connectivity index (χ1v) is 4.80. The predicted octanol–water partition coefficient (Wildman–Crippen LogP) is 0.967. The minimum atomic E-state index is 0.588. The van der Waals surface area contributed by atoms with Crippen LogP contribution in [0.5, 0.6) is 0 Å². The van der Waals surface area contributed by atoms with Gasteiger partial charge in [0.15, 0.2) is 0 Å². The van der Waals surface area contributed by atoms with Crippen LogP contribution in [-0.4, -0.2) is 37.6 Å². The number of piperidine rings is 1. The van der Waals surface area contributed by atoms with Crippen LogP contribution in [0.2, 0.25) is 0 Å². The van der Waals surface area contributed by atoms with Crippen molar-refractivity contribution in [1.29, 1.82) is 0 Å². The fourth-order valence-corrected chi connectivity index (χ4v) is 1.73. The van der Waals surface area contributed by atoms with E-state index in [9.17, 15) is 0 Å². The molecular formula is C8H17N5. The van der Waals surface area contributed by atoms with Crippen LogP contribution < -0.4 is 5.73 Å². The van der Waals surface area contributed by atoms with Gasteiger partial charge in [0.25, 0.3) is 0 Å². The first-order valence-electron chi connectivity index (χ1n) is 4.80. The van der Waals surface area contributed by atoms with Crippen LogP contribution in [0.4, 0.5) is 0 Å². The molecule has 1 rings (SSSR count). The maximum atomic E-state index is 8.16. The second-order valence-corrected chi connectivity index (χ2v) is 3.49. The molecule has 74 valence electrons. The molecule has 0 aromatic heterocycles. The Morgan fingerprint density at radius 1 is 1.46 bits per heavy atom. The second kappa shape index (κ2) is 5.80. The summed E-state index contributed by atoms with van der Waals surface area (Å²) in [5.74, 6) is 0.588. The molecule has 1 heterocycles. The van der Waals surface area contributed by atoms with Crippen LogP contribution >= 0.6 is 0 Å². The highest BCUT2D eigenvalue weighted by Crippen LogP contribution is 2.16. The number of nitrogens with two attached hydrogens (primary N) is 1. The van der Waals surface area contributed by atoms with Crippen molar-refractivity contribution in [2.24, 2.45) is 16.8 Å². The molecule has 0 aromatic carbocycles. The van der Waals surface area contributed by atoms with Gasteiger partial charge in [-0.25, -0.2) is 0 Å². The Hall–Kier alpha value is -0.770. The van der Waals surface area contributed by atoms with Crippen molar-refractivity contribution in [2.45, 2.75) is 12.8 Å². The number of nitrogens with zero attached hydrogens (tertiary/aromatic N) is 4. The first-order chi connectivity index (χ1) is 6.36. The van der Waals surface area contributed by atoms with E-state index >= 15 is 0 Å². The third-order valence-corrected chi connectivity index (χ3v) is 2.56. The number of azide groups is 1. The van der Waals surface area contributed by atoms with Crippen LogP contribution in [0, 0.1) is 5.92 Å². The van der Waals surface area contributed by atoms with E-state index in [4.69, 9.17) is 11.3 Å². The number of rotatable bonds is 4. The van der Waals surface area contributed by atoms with Gasteiger partial charge in [0.1, 0.15) is 0 Å². The molecule has 0 amide bonds. The van der Waals surface area contributed by atoms with Gasteiger partial charge in [0.05, 0.1) is 0 Å². The normalized spacial score (nSPS) is 19.8. The van der Waals surface area contributed by atoms with Gasteiger partial charge in [-0.2, -0.15) is 0 Å². The van der Waals surface area contributed by atoms with Crippen LogP contribution in [0.25, 0.3) is 10.4 Å². The van der Waals surface area contributed by atoms with Crippen molar-refractivity contribution in [3.05, 3.63) is 10.4 Å². The quantitative estimate of drug-likeness (QED) is 0.400. The van der Waals surface area contributed by atoms with E-state index in [0.717, 1.165) is 39.0 Å². The zero-order chi connectivity index (χ0) is 9.52. The Bertz CT molecular complexity index is 179. The lowest BCUT2D eigenvalue weighted by molar-refractivity contribution is 0.192. The van der Waals surface area contributed by atoms with Gasteiger partial charge < -0.3 is 10.6 Å². The average molecular weight is 183 g/mol. The smallest absolute Gasteiger partial charge is 0.0287 e. The van der Waals surface area contributed by atoms with Gasteiger partial charge in [-0.1, -0.05) is 5.11 Å². The van der Waals surface area contributed by atoms with Gasteiger partial charge in [-0.15, -0.1) is 0 Å². The van der Waals surface area contributed by atoms with Gasteiger partial charge >= 0.3 is 0 Å². The predicted molar refractivity (Wildman–Crippen MR) is 52.2 cm³/mol. The van der Waals surface area contributed by atoms with Gasteiger partial charge in [0.2, 0.25) is 0 Å². The Labute approximate surface area is 78.5 Å². The Morgan fingerprint density at radius 2 is 2.15 bits per heavy atom. The van der Waals surface area contributed by atoms with E-state index in [1.165, 1.54) is 0 Å². The summed E-state index contributed by atoms with van der Waals surface area (Å²) in [5.41, 5.74) is 13.6. The Morgan fingerprint density at radius 3 is 2.69 bits per heavy atom. The van der Waals surface area contributed by atoms with Crippen molar-refractivity contribution in [2.75, 3.05) is 32.7 Å². The first kappa shape index (κ1) is 10.3. The molecule has 0 radical (unpaired) electrons. The average Bonchev–Trinajstić information content (AvgIpc) is 2.17. The lowest BCUT2D eigenvalue weighted by atomic mass is 9.97. The minimum Gasteiger partial charge on any atom is -0.329 e. The SMILES string of the molecule is [N-]=[N+]=NCC1CCN(CCN)CC1. The number of hydrogen-bond donors (Lipinski definition) is 1. The summed E-state index contributed by atoms with van der Waals surface area (Å²) in [5, 5.41) is 3.60. The molecule has 0 saturated carbocycles. The summed E-state index contributed by atoms with van der Waals surface area (Å²) >= 11 is 0. The maximum Gasteiger partial charge on any atom is 0.0287 e. The molecular weight excluding hydrogens is 166 g/mol. The molecule has 0 atom stereocenters. The molecule has 5 heteroatoms. The molecule has 0 aliphatic carbocycles. The van der Waals surface area contributed by atoms with E-state index in [0.29, 0.717) is 12.5 Å². The summed E-state index contributed by atoms with van der Waals surface area (Å²) in [6.07, 6.45) is 2.28. The standard InChI is InChI=1S/C8H17N5/c9-3-6-13-4-1-8(2-5-13)7-11-12-10/h8H,1-7,9H2. The van der Waals surface area contributed by atoms with Gasteiger partial charge in [0, 0.05) is 24.5 Å². The van der Waals surface area contributed by atoms with Crippen LogP contribution in [0.15, 0.2) is 5.11 Å². The van der Waals surface area contributed by atoms with Gasteiger partial charge in [-0.3, -0.25) is 0 Å². The summed E-state index contributed by atoms with van der Waals surface area (Å²) in [6.45, 7) is 4.59. The van der Waals surface area contributed by atoms with E-state index in [2.05, 4.69) is 14.9 Å². The highest BCUT2D eigenvalue weighted by Gasteiger charge is 2.17. The molecule has 1 fully saturated rings. The van der Waals surface area contributed by atoms with E-state index in [1.54, 1.807) is 0 Å². The molecule has 1 aliphatic rings. The second-order valence-electron chi connectivity index (χ2n) is 3.49. The van der Waals surface area contributed by atoms with Gasteiger partial charge in [-0.05, 0) is 37.4 Å². The molecule has 0 spiro atoms. The largest absolute Gasteiger partial charge is 0.329 e. The fraction of sp³-hybridized carbons (Fsp3) is 1.00. The van der Waals surface area contributed by atoms with Crippen molar-refractivity contribution in [3.8, 4) is 0 Å². The zero-order valence-corrected chi connectivity index (χ0v) is 7.89. The summed E-state index contributed by atoms with van der Waals surface area (Å²) in [6, 6.07) is 0. The summed E-state index contributed by atoms with van der Waals surface area (Å²) in [7, 11) is 0. The van der Waals surface area contributed by atoms with Crippen molar-refractivity contribution in [1.82, 2.24) is 4.90 Å². The highest BCUT2D eigenvalue weighted by atomic mass is 15.1. The molecule has 1 aliphatic heterocycles. The maximum absolute atomic E-state index is 8.16. The third kappa shape index (κ3) is 3.63. The summed E-state index contributed by atoms with van der Waals surface area (Å²) < 4.78 is 0. The van der Waals surface area contributed by atoms with Crippen LogP contribution in [-0.2, 0) is 0 Å². The van der Waals surface area contributed by atoms with Crippen LogP contribution in [0.3, 0.4) is 0 Å². The molecule has 0 aromatic rings. The molecule has 0 unspecified atom stereocenters. The lowest BCUT2D eigenvalue weighted by Crippen LogP contribution is -2.37. The third-order valence-electron chi connectivity index (χ3n) is 2.56. The fourth-order valence-electron chi connectivity index (χ4n) is 1.73. The van der Waals surface area contributed by atoms with E-state index < -0.39 is 0 Å². The Balaban J connectivity index is 2.18. The topological polar surface area (TPSA) is 78.0 Å². The molecule has 2 N–H and O–H groups in total. The molecule has 0 bridgehead atoms. The molecule has 1 saturated heterocycles. The summed E-state index contributed by atoms with van der Waals surface area (Å²) in [4.78, 5) is 5.14. The van der Waals surface area contributed by atoms with Crippen molar-refractivity contribution >= 4 is 0 Å². The molecule has 5 nitrogen and oxygen atoms in total. The van der Waals surface area contributed by atoms with E-state index in [-0.39, 0.29) is 0 Å². The zero-order valence-electron chi connectivity index (χ0n) is 7.89. The number of likely N-dealkylation sites (tertiary alicyclic amines) is 1. The highest BCUT2D eigenvalue weighted by molar-refractivity contribution is 4.73.